The van der Waals surface area contributed by atoms with Gasteiger partial charge in [-0.2, -0.15) is 0 Å². The maximum atomic E-state index is 13.6. The van der Waals surface area contributed by atoms with Crippen molar-refractivity contribution in [2.24, 2.45) is 0 Å². The molecule has 0 saturated carbocycles. The predicted octanol–water partition coefficient (Wildman–Crippen LogP) is 2.52. The normalized spacial score (nSPS) is 17.4. The molecule has 0 aromatic heterocycles. The Morgan fingerprint density at radius 2 is 1.70 bits per heavy atom. The molecule has 0 atom stereocenters. The molecule has 1 aromatic rings. The number of rotatable bonds is 1. The van der Waals surface area contributed by atoms with Crippen molar-refractivity contribution in [1.82, 2.24) is 9.80 Å². The quantitative estimate of drug-likeness (QED) is 0.790. The molecule has 0 radical (unpaired) electrons. The minimum atomic E-state index is -1.06. The average molecular weight is 282 g/mol. The Kier molecular flexibility index (Phi) is 4.09. The van der Waals surface area contributed by atoms with Gasteiger partial charge in [-0.15, -0.1) is 0 Å². The van der Waals surface area contributed by atoms with E-state index in [2.05, 4.69) is 25.7 Å². The third kappa shape index (κ3) is 2.98. The van der Waals surface area contributed by atoms with Gasteiger partial charge in [0.05, 0.1) is 5.56 Å². The maximum Gasteiger partial charge on any atom is 0.257 e. The van der Waals surface area contributed by atoms with Crippen molar-refractivity contribution in [1.29, 1.82) is 0 Å². The van der Waals surface area contributed by atoms with Crippen molar-refractivity contribution in [2.45, 2.75) is 26.3 Å². The fraction of sp³-hybridized carbons (Fsp3) is 0.533. The van der Waals surface area contributed by atoms with E-state index in [0.29, 0.717) is 13.1 Å². The molecule has 1 aliphatic heterocycles. The Morgan fingerprint density at radius 3 is 2.25 bits per heavy atom. The van der Waals surface area contributed by atoms with Crippen LogP contribution in [0.15, 0.2) is 18.2 Å². The van der Waals surface area contributed by atoms with Crippen LogP contribution in [0, 0.1) is 11.6 Å². The molecule has 1 amide bonds. The monoisotopic (exact) mass is 282 g/mol. The summed E-state index contributed by atoms with van der Waals surface area (Å²) in [5.41, 5.74) is -0.131. The van der Waals surface area contributed by atoms with Gasteiger partial charge in [0.25, 0.3) is 5.91 Å². The van der Waals surface area contributed by atoms with E-state index in [1.807, 2.05) is 0 Å². The SMILES string of the molecule is CC(C)(C)N1CCN(C(=O)c2cccc(F)c2F)CC1. The Balaban J connectivity index is 2.07. The maximum absolute atomic E-state index is 13.6. The van der Waals surface area contributed by atoms with Gasteiger partial charge in [0, 0.05) is 31.7 Å². The minimum Gasteiger partial charge on any atom is -0.336 e. The Hall–Kier alpha value is -1.49. The number of carbonyl (C=O) groups excluding carboxylic acids is 1. The van der Waals surface area contributed by atoms with E-state index < -0.39 is 17.5 Å². The second-order valence-corrected chi connectivity index (χ2v) is 6.05. The first-order valence-electron chi connectivity index (χ1n) is 6.79. The number of benzene rings is 1. The van der Waals surface area contributed by atoms with E-state index in [1.54, 1.807) is 4.90 Å². The van der Waals surface area contributed by atoms with Gasteiger partial charge in [-0.3, -0.25) is 9.69 Å². The zero-order valence-corrected chi connectivity index (χ0v) is 12.1. The fourth-order valence-corrected chi connectivity index (χ4v) is 2.42. The van der Waals surface area contributed by atoms with Crippen LogP contribution in [0.25, 0.3) is 0 Å². The summed E-state index contributed by atoms with van der Waals surface area (Å²) in [5, 5.41) is 0. The molecule has 2 rings (SSSR count). The van der Waals surface area contributed by atoms with Crippen LogP contribution in [0.3, 0.4) is 0 Å². The molecule has 3 nitrogen and oxygen atoms in total. The van der Waals surface area contributed by atoms with Gasteiger partial charge < -0.3 is 4.90 Å². The van der Waals surface area contributed by atoms with Gasteiger partial charge in [-0.25, -0.2) is 8.78 Å². The molecule has 1 heterocycles. The first kappa shape index (κ1) is 14.9. The van der Waals surface area contributed by atoms with Crippen molar-refractivity contribution >= 4 is 5.91 Å². The molecule has 1 saturated heterocycles. The largest absolute Gasteiger partial charge is 0.336 e. The zero-order valence-electron chi connectivity index (χ0n) is 12.1. The number of carbonyl (C=O) groups is 1. The molecule has 5 heteroatoms. The smallest absolute Gasteiger partial charge is 0.257 e. The highest BCUT2D eigenvalue weighted by atomic mass is 19.2. The highest BCUT2D eigenvalue weighted by Crippen LogP contribution is 2.19. The van der Waals surface area contributed by atoms with Crippen molar-refractivity contribution < 1.29 is 13.6 Å². The number of halogens is 2. The van der Waals surface area contributed by atoms with Gasteiger partial charge in [0.15, 0.2) is 11.6 Å². The van der Waals surface area contributed by atoms with Crippen LogP contribution < -0.4 is 0 Å². The van der Waals surface area contributed by atoms with Crippen LogP contribution >= 0.6 is 0 Å². The van der Waals surface area contributed by atoms with E-state index in [0.717, 1.165) is 19.2 Å². The zero-order chi connectivity index (χ0) is 14.9. The van der Waals surface area contributed by atoms with Crippen LogP contribution in [0.5, 0.6) is 0 Å². The summed E-state index contributed by atoms with van der Waals surface area (Å²) in [7, 11) is 0. The molecular weight excluding hydrogens is 262 g/mol. The Bertz CT molecular complexity index is 503. The number of hydrogen-bond donors (Lipinski definition) is 0. The van der Waals surface area contributed by atoms with E-state index >= 15 is 0 Å². The first-order valence-corrected chi connectivity index (χ1v) is 6.79. The van der Waals surface area contributed by atoms with Gasteiger partial charge >= 0.3 is 0 Å². The average Bonchev–Trinajstić information content (AvgIpc) is 2.40. The molecule has 1 aliphatic rings. The number of piperazine rings is 1. The first-order chi connectivity index (χ1) is 9.30. The van der Waals surface area contributed by atoms with Crippen LogP contribution in [-0.4, -0.2) is 47.4 Å². The molecule has 20 heavy (non-hydrogen) atoms. The third-order valence-corrected chi connectivity index (χ3v) is 3.70. The lowest BCUT2D eigenvalue weighted by molar-refractivity contribution is 0.0447. The van der Waals surface area contributed by atoms with E-state index in [1.165, 1.54) is 12.1 Å². The lowest BCUT2D eigenvalue weighted by atomic mass is 10.0. The van der Waals surface area contributed by atoms with Crippen molar-refractivity contribution in [2.75, 3.05) is 26.2 Å². The fourth-order valence-electron chi connectivity index (χ4n) is 2.42. The summed E-state index contributed by atoms with van der Waals surface area (Å²) in [6, 6.07) is 3.71. The highest BCUT2D eigenvalue weighted by molar-refractivity contribution is 5.94. The lowest BCUT2D eigenvalue weighted by Gasteiger charge is -2.42. The molecule has 0 N–H and O–H groups in total. The number of amides is 1. The molecule has 0 unspecified atom stereocenters. The molecule has 0 aliphatic carbocycles. The second-order valence-electron chi connectivity index (χ2n) is 6.05. The molecular formula is C15H20F2N2O. The Labute approximate surface area is 118 Å². The van der Waals surface area contributed by atoms with Crippen molar-refractivity contribution in [3.8, 4) is 0 Å². The minimum absolute atomic E-state index is 0.0548. The van der Waals surface area contributed by atoms with Gasteiger partial charge in [0.1, 0.15) is 0 Å². The standard InChI is InChI=1S/C15H20F2N2O/c1-15(2,3)19-9-7-18(8-10-19)14(20)11-5-4-6-12(16)13(11)17/h4-6H,7-10H2,1-3H3. The lowest BCUT2D eigenvalue weighted by Crippen LogP contribution is -2.54. The topological polar surface area (TPSA) is 23.6 Å². The predicted molar refractivity (Wildman–Crippen MR) is 73.6 cm³/mol. The van der Waals surface area contributed by atoms with Gasteiger partial charge in [-0.1, -0.05) is 6.07 Å². The molecule has 1 fully saturated rings. The van der Waals surface area contributed by atoms with Gasteiger partial charge in [0.2, 0.25) is 0 Å². The number of hydrogen-bond acceptors (Lipinski definition) is 2. The Morgan fingerprint density at radius 1 is 1.10 bits per heavy atom. The third-order valence-electron chi connectivity index (χ3n) is 3.70. The van der Waals surface area contributed by atoms with Crippen LogP contribution in [-0.2, 0) is 0 Å². The highest BCUT2D eigenvalue weighted by Gasteiger charge is 2.29. The molecule has 1 aromatic carbocycles. The van der Waals surface area contributed by atoms with Crippen LogP contribution in [0.4, 0.5) is 8.78 Å². The summed E-state index contributed by atoms with van der Waals surface area (Å²) in [6.07, 6.45) is 0. The van der Waals surface area contributed by atoms with Gasteiger partial charge in [-0.05, 0) is 32.9 Å². The van der Waals surface area contributed by atoms with Crippen molar-refractivity contribution in [3.05, 3.63) is 35.4 Å². The van der Waals surface area contributed by atoms with Crippen LogP contribution in [0.1, 0.15) is 31.1 Å². The second kappa shape index (κ2) is 5.48. The van der Waals surface area contributed by atoms with E-state index in [-0.39, 0.29) is 11.1 Å². The summed E-state index contributed by atoms with van der Waals surface area (Å²) in [5.74, 6) is -2.48. The summed E-state index contributed by atoms with van der Waals surface area (Å²) >= 11 is 0. The van der Waals surface area contributed by atoms with Crippen LogP contribution in [0.2, 0.25) is 0 Å². The summed E-state index contributed by atoms with van der Waals surface area (Å²) in [4.78, 5) is 16.1. The molecule has 110 valence electrons. The summed E-state index contributed by atoms with van der Waals surface area (Å²) < 4.78 is 26.8. The number of nitrogens with zero attached hydrogens (tertiary/aromatic N) is 2. The van der Waals surface area contributed by atoms with E-state index in [9.17, 15) is 13.6 Å². The van der Waals surface area contributed by atoms with Crippen molar-refractivity contribution in [3.63, 3.8) is 0 Å². The van der Waals surface area contributed by atoms with E-state index in [4.69, 9.17) is 0 Å². The summed E-state index contributed by atoms with van der Waals surface area (Å²) in [6.45, 7) is 8.92. The molecule has 0 bridgehead atoms. The molecule has 0 spiro atoms.